The molecule has 1 saturated heterocycles. The molecule has 0 saturated carbocycles. The summed E-state index contributed by atoms with van der Waals surface area (Å²) in [5.74, 6) is 0.675. The fourth-order valence-corrected chi connectivity index (χ4v) is 2.06. The van der Waals surface area contributed by atoms with Crippen molar-refractivity contribution in [2.45, 2.75) is 13.0 Å². The molecule has 2 rings (SSSR count). The van der Waals surface area contributed by atoms with Gasteiger partial charge in [0.15, 0.2) is 0 Å². The normalized spacial score (nSPS) is 19.4. The molecule has 1 aliphatic rings. The smallest absolute Gasteiger partial charge is 0.322 e. The molecule has 1 fully saturated rings. The van der Waals surface area contributed by atoms with Gasteiger partial charge in [0.2, 0.25) is 0 Å². The number of ether oxygens (including phenoxy) is 1. The van der Waals surface area contributed by atoms with Crippen molar-refractivity contribution in [1.29, 1.82) is 0 Å². The lowest BCUT2D eigenvalue weighted by atomic mass is 10.2. The SMILES string of the molecule is COc1ccccc1NC(=O)N1CCN[C@H](C)C1. The molecular weight excluding hydrogens is 230 g/mol. The lowest BCUT2D eigenvalue weighted by Gasteiger charge is -2.32. The summed E-state index contributed by atoms with van der Waals surface area (Å²) in [7, 11) is 1.60. The van der Waals surface area contributed by atoms with Crippen LogP contribution in [0.25, 0.3) is 0 Å². The molecule has 1 aliphatic heterocycles. The van der Waals surface area contributed by atoms with Gasteiger partial charge in [-0.2, -0.15) is 0 Å². The highest BCUT2D eigenvalue weighted by molar-refractivity contribution is 5.91. The van der Waals surface area contributed by atoms with Gasteiger partial charge in [0.05, 0.1) is 12.8 Å². The van der Waals surface area contributed by atoms with Crippen LogP contribution in [0.1, 0.15) is 6.92 Å². The van der Waals surface area contributed by atoms with Crippen LogP contribution in [0, 0.1) is 0 Å². The summed E-state index contributed by atoms with van der Waals surface area (Å²) in [4.78, 5) is 13.9. The van der Waals surface area contributed by atoms with E-state index in [0.29, 0.717) is 17.5 Å². The number of hydrogen-bond donors (Lipinski definition) is 2. The van der Waals surface area contributed by atoms with Crippen molar-refractivity contribution in [3.05, 3.63) is 24.3 Å². The van der Waals surface area contributed by atoms with Crippen molar-refractivity contribution in [1.82, 2.24) is 10.2 Å². The second-order valence-electron chi connectivity index (χ2n) is 4.43. The molecule has 5 nitrogen and oxygen atoms in total. The van der Waals surface area contributed by atoms with Crippen LogP contribution in [0.5, 0.6) is 5.75 Å². The molecule has 2 amide bonds. The fraction of sp³-hybridized carbons (Fsp3) is 0.462. The molecule has 0 aliphatic carbocycles. The van der Waals surface area contributed by atoms with Crippen molar-refractivity contribution in [2.75, 3.05) is 32.1 Å². The van der Waals surface area contributed by atoms with Gasteiger partial charge in [-0.25, -0.2) is 4.79 Å². The maximum absolute atomic E-state index is 12.1. The zero-order chi connectivity index (χ0) is 13.0. The Labute approximate surface area is 107 Å². The molecular formula is C13H19N3O2. The number of nitrogens with zero attached hydrogens (tertiary/aromatic N) is 1. The second-order valence-corrected chi connectivity index (χ2v) is 4.43. The maximum Gasteiger partial charge on any atom is 0.322 e. The van der Waals surface area contributed by atoms with Crippen molar-refractivity contribution >= 4 is 11.7 Å². The van der Waals surface area contributed by atoms with Crippen molar-refractivity contribution in [3.63, 3.8) is 0 Å². The molecule has 1 aromatic carbocycles. The molecule has 0 radical (unpaired) electrons. The number of nitrogens with one attached hydrogen (secondary N) is 2. The van der Waals surface area contributed by atoms with Gasteiger partial charge < -0.3 is 20.3 Å². The Kier molecular flexibility index (Phi) is 4.04. The van der Waals surface area contributed by atoms with E-state index in [2.05, 4.69) is 17.6 Å². The highest BCUT2D eigenvalue weighted by Gasteiger charge is 2.20. The molecule has 2 N–H and O–H groups in total. The van der Waals surface area contributed by atoms with Crippen LogP contribution >= 0.6 is 0 Å². The maximum atomic E-state index is 12.1. The molecule has 0 aromatic heterocycles. The number of urea groups is 1. The molecule has 98 valence electrons. The summed E-state index contributed by atoms with van der Waals surface area (Å²) >= 11 is 0. The Morgan fingerprint density at radius 3 is 3.00 bits per heavy atom. The number of anilines is 1. The summed E-state index contributed by atoms with van der Waals surface area (Å²) in [6.07, 6.45) is 0. The largest absolute Gasteiger partial charge is 0.495 e. The van der Waals surface area contributed by atoms with Crippen LogP contribution in [-0.4, -0.2) is 43.7 Å². The number of piperazine rings is 1. The van der Waals surface area contributed by atoms with Gasteiger partial charge in [-0.15, -0.1) is 0 Å². The Morgan fingerprint density at radius 2 is 2.28 bits per heavy atom. The number of methoxy groups -OCH3 is 1. The van der Waals surface area contributed by atoms with Gasteiger partial charge in [0.1, 0.15) is 5.75 Å². The zero-order valence-corrected chi connectivity index (χ0v) is 10.8. The Hall–Kier alpha value is -1.75. The highest BCUT2D eigenvalue weighted by atomic mass is 16.5. The topological polar surface area (TPSA) is 53.6 Å². The number of carbonyl (C=O) groups excluding carboxylic acids is 1. The minimum absolute atomic E-state index is 0.0761. The minimum atomic E-state index is -0.0761. The average Bonchev–Trinajstić information content (AvgIpc) is 2.39. The molecule has 1 aromatic rings. The van der Waals surface area contributed by atoms with E-state index in [0.717, 1.165) is 19.6 Å². The quantitative estimate of drug-likeness (QED) is 0.835. The lowest BCUT2D eigenvalue weighted by molar-refractivity contribution is 0.192. The Bertz CT molecular complexity index is 422. The van der Waals surface area contributed by atoms with Crippen molar-refractivity contribution in [3.8, 4) is 5.75 Å². The molecule has 18 heavy (non-hydrogen) atoms. The summed E-state index contributed by atoms with van der Waals surface area (Å²) in [5, 5.41) is 6.19. The summed E-state index contributed by atoms with van der Waals surface area (Å²) in [6.45, 7) is 4.36. The van der Waals surface area contributed by atoms with Crippen LogP contribution in [0.15, 0.2) is 24.3 Å². The first-order chi connectivity index (χ1) is 8.70. The van der Waals surface area contributed by atoms with E-state index in [9.17, 15) is 4.79 Å². The average molecular weight is 249 g/mol. The van der Waals surface area contributed by atoms with E-state index in [1.165, 1.54) is 0 Å². The number of hydrogen-bond acceptors (Lipinski definition) is 3. The first-order valence-corrected chi connectivity index (χ1v) is 6.13. The minimum Gasteiger partial charge on any atom is -0.495 e. The van der Waals surface area contributed by atoms with Gasteiger partial charge >= 0.3 is 6.03 Å². The summed E-state index contributed by atoms with van der Waals surface area (Å²) in [5.41, 5.74) is 0.705. The third kappa shape index (κ3) is 2.92. The Balaban J connectivity index is 2.02. The van der Waals surface area contributed by atoms with Gasteiger partial charge in [-0.1, -0.05) is 12.1 Å². The Morgan fingerprint density at radius 1 is 1.50 bits per heavy atom. The number of para-hydroxylation sites is 2. The number of benzene rings is 1. The standard InChI is InChI=1S/C13H19N3O2/c1-10-9-16(8-7-14-10)13(17)15-11-5-3-4-6-12(11)18-2/h3-6,10,14H,7-9H2,1-2H3,(H,15,17)/t10-/m1/s1. The van der Waals surface area contributed by atoms with Crippen LogP contribution < -0.4 is 15.4 Å². The molecule has 5 heteroatoms. The fourth-order valence-electron chi connectivity index (χ4n) is 2.06. The predicted octanol–water partition coefficient (Wildman–Crippen LogP) is 1.52. The van der Waals surface area contributed by atoms with Crippen molar-refractivity contribution in [2.24, 2.45) is 0 Å². The van der Waals surface area contributed by atoms with Crippen LogP contribution in [0.4, 0.5) is 10.5 Å². The van der Waals surface area contributed by atoms with Crippen LogP contribution in [-0.2, 0) is 0 Å². The first kappa shape index (κ1) is 12.7. The van der Waals surface area contributed by atoms with Crippen LogP contribution in [0.2, 0.25) is 0 Å². The first-order valence-electron chi connectivity index (χ1n) is 6.13. The summed E-state index contributed by atoms with van der Waals surface area (Å²) in [6, 6.07) is 7.67. The predicted molar refractivity (Wildman–Crippen MR) is 71.1 cm³/mol. The van der Waals surface area contributed by atoms with E-state index >= 15 is 0 Å². The van der Waals surface area contributed by atoms with E-state index in [1.54, 1.807) is 7.11 Å². The number of amides is 2. The molecule has 1 atom stereocenters. The van der Waals surface area contributed by atoms with E-state index in [-0.39, 0.29) is 6.03 Å². The highest BCUT2D eigenvalue weighted by Crippen LogP contribution is 2.23. The lowest BCUT2D eigenvalue weighted by Crippen LogP contribution is -2.52. The third-order valence-electron chi connectivity index (χ3n) is 3.00. The second kappa shape index (κ2) is 5.73. The molecule has 0 bridgehead atoms. The zero-order valence-electron chi connectivity index (χ0n) is 10.8. The number of rotatable bonds is 2. The molecule has 0 spiro atoms. The summed E-state index contributed by atoms with van der Waals surface area (Å²) < 4.78 is 5.21. The molecule has 1 heterocycles. The third-order valence-corrected chi connectivity index (χ3v) is 3.00. The van der Waals surface area contributed by atoms with Crippen molar-refractivity contribution < 1.29 is 9.53 Å². The van der Waals surface area contributed by atoms with E-state index in [1.807, 2.05) is 29.2 Å². The van der Waals surface area contributed by atoms with Gasteiger partial charge in [-0.3, -0.25) is 0 Å². The van der Waals surface area contributed by atoms with Gasteiger partial charge in [0.25, 0.3) is 0 Å². The van der Waals surface area contributed by atoms with Gasteiger partial charge in [0, 0.05) is 25.7 Å². The van der Waals surface area contributed by atoms with E-state index < -0.39 is 0 Å². The monoisotopic (exact) mass is 249 g/mol. The van der Waals surface area contributed by atoms with Crippen LogP contribution in [0.3, 0.4) is 0 Å². The molecule has 0 unspecified atom stereocenters. The van der Waals surface area contributed by atoms with Gasteiger partial charge in [-0.05, 0) is 19.1 Å². The number of carbonyl (C=O) groups is 1. The van der Waals surface area contributed by atoms with E-state index in [4.69, 9.17) is 4.74 Å².